The highest BCUT2D eigenvalue weighted by Gasteiger charge is 2.50. The Hall–Kier alpha value is -3.43. The van der Waals surface area contributed by atoms with Gasteiger partial charge in [-0.25, -0.2) is 4.79 Å². The minimum atomic E-state index is -0.825. The molecular formula is C30H39N5O4. The molecule has 9 heteroatoms. The second-order valence-corrected chi connectivity index (χ2v) is 11.4. The molecule has 3 aliphatic rings. The van der Waals surface area contributed by atoms with Crippen LogP contribution in [0.5, 0.6) is 0 Å². The SMILES string of the molecule is CC1(C(=O)N[C@H](COCc2ccccc2)C(=O)N2CCCC3(Cc4ccccc4N3C(N)=O)C2)CCNCC1. The largest absolute Gasteiger partial charge is 0.374 e. The Morgan fingerprint density at radius 3 is 2.51 bits per heavy atom. The number of para-hydroxylation sites is 1. The van der Waals surface area contributed by atoms with Crippen molar-refractivity contribution in [2.24, 2.45) is 11.1 Å². The summed E-state index contributed by atoms with van der Waals surface area (Å²) >= 11 is 0. The summed E-state index contributed by atoms with van der Waals surface area (Å²) in [5, 5.41) is 6.35. The number of hydrogen-bond donors (Lipinski definition) is 3. The number of carbonyl (C=O) groups excluding carboxylic acids is 3. The predicted molar refractivity (Wildman–Crippen MR) is 149 cm³/mol. The number of amides is 4. The van der Waals surface area contributed by atoms with Gasteiger partial charge >= 0.3 is 6.03 Å². The highest BCUT2D eigenvalue weighted by molar-refractivity contribution is 5.96. The zero-order valence-electron chi connectivity index (χ0n) is 22.7. The minimum Gasteiger partial charge on any atom is -0.374 e. The molecular weight excluding hydrogens is 494 g/mol. The quantitative estimate of drug-likeness (QED) is 0.506. The van der Waals surface area contributed by atoms with Crippen molar-refractivity contribution in [1.29, 1.82) is 0 Å². The van der Waals surface area contributed by atoms with Crippen LogP contribution in [0, 0.1) is 5.41 Å². The topological polar surface area (TPSA) is 117 Å². The highest BCUT2D eigenvalue weighted by Crippen LogP contribution is 2.43. The molecule has 0 saturated carbocycles. The molecule has 2 atom stereocenters. The fourth-order valence-electron chi connectivity index (χ4n) is 6.35. The smallest absolute Gasteiger partial charge is 0.319 e. The first kappa shape index (κ1) is 27.1. The third kappa shape index (κ3) is 5.65. The first-order chi connectivity index (χ1) is 18.8. The monoisotopic (exact) mass is 533 g/mol. The van der Waals surface area contributed by atoms with Crippen molar-refractivity contribution < 1.29 is 19.1 Å². The average molecular weight is 534 g/mol. The van der Waals surface area contributed by atoms with E-state index in [4.69, 9.17) is 10.5 Å². The first-order valence-electron chi connectivity index (χ1n) is 13.9. The average Bonchev–Trinajstić information content (AvgIpc) is 3.25. The number of primary amides is 1. The Morgan fingerprint density at radius 1 is 1.05 bits per heavy atom. The van der Waals surface area contributed by atoms with Crippen LogP contribution in [0.25, 0.3) is 0 Å². The lowest BCUT2D eigenvalue weighted by molar-refractivity contribution is -0.143. The number of rotatable bonds is 7. The predicted octanol–water partition coefficient (Wildman–Crippen LogP) is 2.58. The van der Waals surface area contributed by atoms with Crippen molar-refractivity contribution in [1.82, 2.24) is 15.5 Å². The molecule has 2 aromatic rings. The second-order valence-electron chi connectivity index (χ2n) is 11.4. The molecule has 4 N–H and O–H groups in total. The van der Waals surface area contributed by atoms with E-state index in [1.54, 1.807) is 9.80 Å². The Balaban J connectivity index is 1.34. The lowest BCUT2D eigenvalue weighted by Crippen LogP contribution is -2.64. The Labute approximate surface area is 230 Å². The van der Waals surface area contributed by atoms with E-state index >= 15 is 0 Å². The van der Waals surface area contributed by atoms with Crippen molar-refractivity contribution in [3.8, 4) is 0 Å². The zero-order chi connectivity index (χ0) is 27.5. The summed E-state index contributed by atoms with van der Waals surface area (Å²) in [6.07, 6.45) is 3.55. The fourth-order valence-corrected chi connectivity index (χ4v) is 6.35. The van der Waals surface area contributed by atoms with Crippen LogP contribution < -0.4 is 21.3 Å². The molecule has 3 aliphatic heterocycles. The van der Waals surface area contributed by atoms with Gasteiger partial charge in [0.2, 0.25) is 11.8 Å². The van der Waals surface area contributed by atoms with Crippen LogP contribution in [0.3, 0.4) is 0 Å². The third-order valence-corrected chi connectivity index (χ3v) is 8.57. The van der Waals surface area contributed by atoms with E-state index in [0.29, 0.717) is 39.0 Å². The number of anilines is 1. The van der Waals surface area contributed by atoms with E-state index in [1.807, 2.05) is 61.5 Å². The van der Waals surface area contributed by atoms with Gasteiger partial charge in [-0.3, -0.25) is 14.5 Å². The molecule has 1 unspecified atom stereocenters. The molecule has 0 aliphatic carbocycles. The van der Waals surface area contributed by atoms with Gasteiger partial charge in [0.25, 0.3) is 0 Å². The van der Waals surface area contributed by atoms with Gasteiger partial charge in [-0.15, -0.1) is 0 Å². The van der Waals surface area contributed by atoms with E-state index in [2.05, 4.69) is 10.6 Å². The van der Waals surface area contributed by atoms with Crippen LogP contribution in [0.15, 0.2) is 54.6 Å². The summed E-state index contributed by atoms with van der Waals surface area (Å²) < 4.78 is 5.98. The number of nitrogens with one attached hydrogen (secondary N) is 2. The van der Waals surface area contributed by atoms with Crippen LogP contribution in [0.4, 0.5) is 10.5 Å². The molecule has 2 saturated heterocycles. The number of carbonyl (C=O) groups is 3. The van der Waals surface area contributed by atoms with Crippen molar-refractivity contribution in [2.75, 3.05) is 37.7 Å². The van der Waals surface area contributed by atoms with Gasteiger partial charge in [-0.1, -0.05) is 55.5 Å². The summed E-state index contributed by atoms with van der Waals surface area (Å²) in [4.78, 5) is 43.6. The molecule has 2 aromatic carbocycles. The van der Waals surface area contributed by atoms with Crippen LogP contribution in [0.2, 0.25) is 0 Å². The molecule has 9 nitrogen and oxygen atoms in total. The van der Waals surface area contributed by atoms with Crippen molar-refractivity contribution in [3.05, 3.63) is 65.7 Å². The van der Waals surface area contributed by atoms with Gasteiger partial charge in [-0.05, 0) is 62.4 Å². The number of ether oxygens (including phenoxy) is 1. The van der Waals surface area contributed by atoms with Crippen molar-refractivity contribution >= 4 is 23.5 Å². The number of nitrogens with zero attached hydrogens (tertiary/aromatic N) is 2. The van der Waals surface area contributed by atoms with Gasteiger partial charge in [0, 0.05) is 24.2 Å². The Morgan fingerprint density at radius 2 is 1.77 bits per heavy atom. The van der Waals surface area contributed by atoms with Crippen molar-refractivity contribution in [3.63, 3.8) is 0 Å². The summed E-state index contributed by atoms with van der Waals surface area (Å²) in [7, 11) is 0. The van der Waals surface area contributed by atoms with E-state index in [1.165, 1.54) is 0 Å². The third-order valence-electron chi connectivity index (χ3n) is 8.57. The van der Waals surface area contributed by atoms with Crippen LogP contribution >= 0.6 is 0 Å². The summed E-state index contributed by atoms with van der Waals surface area (Å²) in [5.41, 5.74) is 7.62. The van der Waals surface area contributed by atoms with Gasteiger partial charge in [0.05, 0.1) is 18.8 Å². The van der Waals surface area contributed by atoms with Crippen LogP contribution in [0.1, 0.15) is 43.7 Å². The molecule has 4 amide bonds. The molecule has 39 heavy (non-hydrogen) atoms. The van der Waals surface area contributed by atoms with Gasteiger partial charge < -0.3 is 26.0 Å². The van der Waals surface area contributed by atoms with Gasteiger partial charge in [0.15, 0.2) is 0 Å². The number of urea groups is 1. The molecule has 208 valence electrons. The highest BCUT2D eigenvalue weighted by atomic mass is 16.5. The molecule has 3 heterocycles. The van der Waals surface area contributed by atoms with E-state index in [9.17, 15) is 14.4 Å². The Bertz CT molecular complexity index is 1200. The van der Waals surface area contributed by atoms with Gasteiger partial charge in [0.1, 0.15) is 6.04 Å². The zero-order valence-corrected chi connectivity index (χ0v) is 22.7. The molecule has 0 radical (unpaired) electrons. The number of piperidine rings is 2. The number of nitrogens with two attached hydrogens (primary N) is 1. The van der Waals surface area contributed by atoms with E-state index in [-0.39, 0.29) is 18.4 Å². The maximum Gasteiger partial charge on any atom is 0.319 e. The van der Waals surface area contributed by atoms with E-state index in [0.717, 1.165) is 42.7 Å². The second kappa shape index (κ2) is 11.4. The molecule has 0 bridgehead atoms. The Kier molecular flexibility index (Phi) is 7.91. The molecule has 5 rings (SSSR count). The normalized spacial score (nSPS) is 22.8. The first-order valence-corrected chi connectivity index (χ1v) is 13.9. The lowest BCUT2D eigenvalue weighted by atomic mass is 9.80. The summed E-state index contributed by atoms with van der Waals surface area (Å²) in [6.45, 7) is 4.82. The summed E-state index contributed by atoms with van der Waals surface area (Å²) in [6, 6.07) is 16.2. The van der Waals surface area contributed by atoms with Crippen molar-refractivity contribution in [2.45, 2.75) is 57.2 Å². The molecule has 2 fully saturated rings. The van der Waals surface area contributed by atoms with Crippen LogP contribution in [-0.2, 0) is 27.4 Å². The van der Waals surface area contributed by atoms with Crippen LogP contribution in [-0.4, -0.2) is 67.1 Å². The minimum absolute atomic E-state index is 0.0665. The fraction of sp³-hybridized carbons (Fsp3) is 0.500. The number of benzene rings is 2. The van der Waals surface area contributed by atoms with E-state index < -0.39 is 23.0 Å². The maximum absolute atomic E-state index is 14.0. The summed E-state index contributed by atoms with van der Waals surface area (Å²) in [5.74, 6) is -0.308. The number of hydrogen-bond acceptors (Lipinski definition) is 5. The number of likely N-dealkylation sites (tertiary alicyclic amines) is 1. The molecule has 1 spiro atoms. The molecule has 0 aromatic heterocycles. The maximum atomic E-state index is 14.0. The standard InChI is InChI=1S/C30H39N5O4/c1-29(13-15-32-16-14-29)27(37)33-24(20-39-19-22-8-3-2-4-9-22)26(36)34-17-7-12-30(21-34)18-23-10-5-6-11-25(23)35(30)28(31)38/h2-6,8-11,24,32H,7,12-21H2,1H3,(H2,31,38)(H,33,37)/t24-,30?/m1/s1. The number of fused-ring (bicyclic) bond motifs is 1. The lowest BCUT2D eigenvalue weighted by Gasteiger charge is -2.46. The van der Waals surface area contributed by atoms with Gasteiger partial charge in [-0.2, -0.15) is 0 Å².